The van der Waals surface area contributed by atoms with E-state index in [9.17, 15) is 9.13 Å². The molecule has 0 saturated carbocycles. The molecule has 0 spiro atoms. The second kappa shape index (κ2) is 12.8. The number of unbranched alkanes of at least 4 members (excludes halogenated alkanes) is 3. The van der Waals surface area contributed by atoms with Crippen molar-refractivity contribution < 1.29 is 9.13 Å². The van der Waals surface area contributed by atoms with Gasteiger partial charge in [-0.3, -0.25) is 29.7 Å². The summed E-state index contributed by atoms with van der Waals surface area (Å²) in [6.45, 7) is 0. The summed E-state index contributed by atoms with van der Waals surface area (Å²) in [6.07, 6.45) is 4.01. The van der Waals surface area contributed by atoms with Gasteiger partial charge in [-0.1, -0.05) is 35.6 Å². The molecule has 122 valence electrons. The maximum atomic E-state index is 11.8. The van der Waals surface area contributed by atoms with Gasteiger partial charge in [-0.2, -0.15) is 0 Å². The summed E-state index contributed by atoms with van der Waals surface area (Å²) in [4.78, 5) is 0. The number of hydrogen-bond donors (Lipinski definition) is 4. The van der Waals surface area contributed by atoms with Crippen molar-refractivity contribution in [2.24, 2.45) is 20.6 Å². The molecular weight excluding hydrogens is 414 g/mol. The van der Waals surface area contributed by atoms with Crippen molar-refractivity contribution in [2.45, 2.75) is 25.7 Å². The van der Waals surface area contributed by atoms with Gasteiger partial charge in [0.25, 0.3) is 9.49 Å². The molecule has 0 radical (unpaired) electrons. The summed E-state index contributed by atoms with van der Waals surface area (Å²) < 4.78 is 18.6. The normalized spacial score (nSPS) is 12.8. The van der Waals surface area contributed by atoms with Crippen LogP contribution in [0.25, 0.3) is 0 Å². The molecule has 0 unspecified atom stereocenters. The molecule has 0 fully saturated rings. The maximum absolute atomic E-state index is 11.8. The van der Waals surface area contributed by atoms with E-state index >= 15 is 0 Å². The second-order valence-corrected chi connectivity index (χ2v) is 24.9. The Labute approximate surface area is 144 Å². The highest BCUT2D eigenvalue weighted by Gasteiger charge is 2.22. The topological polar surface area (TPSA) is 138 Å². The van der Waals surface area contributed by atoms with Crippen molar-refractivity contribution in [1.82, 2.24) is 0 Å². The molecule has 0 aromatic carbocycles. The summed E-state index contributed by atoms with van der Waals surface area (Å²) >= 11 is 6.06. The van der Waals surface area contributed by atoms with Crippen LogP contribution in [0.15, 0.2) is 0 Å². The van der Waals surface area contributed by atoms with E-state index in [4.69, 9.17) is 20.6 Å². The van der Waals surface area contributed by atoms with Gasteiger partial charge in [0.2, 0.25) is 0 Å². The predicted molar refractivity (Wildman–Crippen MR) is 106 cm³/mol. The minimum Gasteiger partial charge on any atom is -0.286 e. The smallest absolute Gasteiger partial charge is 0.271 e. The highest BCUT2D eigenvalue weighted by Crippen LogP contribution is 2.74. The van der Waals surface area contributed by atoms with Gasteiger partial charge >= 0.3 is 0 Å². The molecule has 0 heterocycles. The van der Waals surface area contributed by atoms with Gasteiger partial charge in [0.15, 0.2) is 0 Å². The summed E-state index contributed by atoms with van der Waals surface area (Å²) in [7, 11) is 0. The fraction of sp³-hybridized carbons (Fsp3) is 1.00. The van der Waals surface area contributed by atoms with Crippen LogP contribution in [0.4, 0.5) is 0 Å². The second-order valence-electron chi connectivity index (χ2n) is 3.40. The molecule has 20 heavy (non-hydrogen) atoms. The summed E-state index contributed by atoms with van der Waals surface area (Å²) in [5.41, 5.74) is 0. The van der Waals surface area contributed by atoms with E-state index in [1.165, 1.54) is 22.8 Å². The Balaban J connectivity index is 3.55. The van der Waals surface area contributed by atoms with Crippen LogP contribution >= 0.6 is 78.5 Å². The van der Waals surface area contributed by atoms with Crippen molar-refractivity contribution in [3.63, 3.8) is 0 Å². The van der Waals surface area contributed by atoms with Crippen LogP contribution in [-0.2, 0) is 9.13 Å². The van der Waals surface area contributed by atoms with E-state index in [0.717, 1.165) is 83.5 Å². The summed E-state index contributed by atoms with van der Waals surface area (Å²) in [6, 6.07) is 0. The Kier molecular flexibility index (Phi) is 14.3. The van der Waals surface area contributed by atoms with Crippen LogP contribution in [0, 0.1) is 0 Å². The molecule has 0 aliphatic carbocycles. The molecule has 0 rings (SSSR count). The van der Waals surface area contributed by atoms with Crippen LogP contribution in [0.5, 0.6) is 0 Å². The Bertz CT molecular complexity index is 303. The fourth-order valence-corrected chi connectivity index (χ4v) is 11.5. The minimum atomic E-state index is -2.54. The van der Waals surface area contributed by atoms with Gasteiger partial charge < -0.3 is 0 Å². The van der Waals surface area contributed by atoms with E-state index in [1.807, 2.05) is 0 Å². The highest BCUT2D eigenvalue weighted by atomic mass is 33.4. The molecule has 0 saturated heterocycles. The zero-order chi connectivity index (χ0) is 15.5. The molecule has 14 heteroatoms. The van der Waals surface area contributed by atoms with Crippen molar-refractivity contribution in [3.05, 3.63) is 0 Å². The largest absolute Gasteiger partial charge is 0.286 e. The third-order valence-electron chi connectivity index (χ3n) is 2.05. The predicted octanol–water partition coefficient (Wildman–Crippen LogP) is 4.66. The van der Waals surface area contributed by atoms with E-state index in [-0.39, 0.29) is 0 Å². The van der Waals surface area contributed by atoms with Crippen molar-refractivity contribution in [2.75, 3.05) is 11.5 Å². The average molecular weight is 435 g/mol. The number of rotatable bonds is 13. The SMILES string of the molecule is NSP(=O)(SN)SCCCCCCSP(=O)(SN)SN. The first-order valence-electron chi connectivity index (χ1n) is 5.48. The first kappa shape index (κ1) is 22.4. The summed E-state index contributed by atoms with van der Waals surface area (Å²) in [5, 5.41) is 21.4. The lowest BCUT2D eigenvalue weighted by Crippen LogP contribution is -1.87. The maximum Gasteiger partial charge on any atom is 0.271 e. The van der Waals surface area contributed by atoms with Crippen LogP contribution in [0.1, 0.15) is 25.7 Å². The Morgan fingerprint density at radius 1 is 0.600 bits per heavy atom. The lowest BCUT2D eigenvalue weighted by molar-refractivity contribution is 0.600. The summed E-state index contributed by atoms with van der Waals surface area (Å²) in [5.74, 6) is 1.57. The molecule has 0 aliphatic heterocycles. The van der Waals surface area contributed by atoms with Crippen molar-refractivity contribution >= 4 is 78.5 Å². The molecule has 0 amide bonds. The average Bonchev–Trinajstić information content (AvgIpc) is 2.49. The zero-order valence-electron chi connectivity index (χ0n) is 10.7. The van der Waals surface area contributed by atoms with Gasteiger partial charge in [0.05, 0.1) is 0 Å². The minimum absolute atomic E-state index is 0.786. The molecule has 0 bridgehead atoms. The first-order chi connectivity index (χ1) is 9.45. The molecule has 8 N–H and O–H groups in total. The van der Waals surface area contributed by atoms with Crippen LogP contribution in [0.3, 0.4) is 0 Å². The Morgan fingerprint density at radius 2 is 0.900 bits per heavy atom. The quantitative estimate of drug-likeness (QED) is 0.182. The molecule has 0 aromatic rings. The number of nitrogens with two attached hydrogens (primary N) is 4. The monoisotopic (exact) mass is 434 g/mol. The molecule has 0 atom stereocenters. The third kappa shape index (κ3) is 10.2. The van der Waals surface area contributed by atoms with Crippen LogP contribution in [0.2, 0.25) is 0 Å². The van der Waals surface area contributed by atoms with Gasteiger partial charge in [-0.15, -0.1) is 0 Å². The molecule has 6 nitrogen and oxygen atoms in total. The van der Waals surface area contributed by atoms with Gasteiger partial charge in [0.1, 0.15) is 0 Å². The number of hydrogen-bond acceptors (Lipinski definition) is 12. The molecular formula is C6H20N4O2P2S6. The highest BCUT2D eigenvalue weighted by molar-refractivity contribution is 9.14. The standard InChI is InChI=1S/C6H20N4O2P2S6/c7-17-13(11,18-8)15-5-3-1-2-4-6-16-14(12,19-9)20-10/h1-10H2. The first-order valence-corrected chi connectivity index (χ1v) is 18.0. The van der Waals surface area contributed by atoms with Crippen molar-refractivity contribution in [3.8, 4) is 0 Å². The molecule has 0 aliphatic rings. The van der Waals surface area contributed by atoms with Gasteiger partial charge in [-0.05, 0) is 12.8 Å². The van der Waals surface area contributed by atoms with Gasteiger partial charge in [-0.25, -0.2) is 0 Å². The van der Waals surface area contributed by atoms with Crippen molar-refractivity contribution in [1.29, 1.82) is 0 Å². The third-order valence-corrected chi connectivity index (χ3v) is 20.7. The lowest BCUT2D eigenvalue weighted by Gasteiger charge is -2.11. The lowest BCUT2D eigenvalue weighted by atomic mass is 10.2. The zero-order valence-corrected chi connectivity index (χ0v) is 17.4. The van der Waals surface area contributed by atoms with Crippen LogP contribution < -0.4 is 20.6 Å². The van der Waals surface area contributed by atoms with E-state index in [2.05, 4.69) is 0 Å². The van der Waals surface area contributed by atoms with Crippen LogP contribution in [-0.4, -0.2) is 11.5 Å². The fourth-order valence-electron chi connectivity index (χ4n) is 1.08. The van der Waals surface area contributed by atoms with E-state index in [0.29, 0.717) is 0 Å². The van der Waals surface area contributed by atoms with E-state index < -0.39 is 9.49 Å². The Morgan fingerprint density at radius 3 is 1.15 bits per heavy atom. The van der Waals surface area contributed by atoms with E-state index in [1.54, 1.807) is 0 Å². The van der Waals surface area contributed by atoms with Gasteiger partial charge in [0, 0.05) is 57.8 Å². The Hall–Kier alpha value is 2.40. The molecule has 0 aromatic heterocycles.